The van der Waals surface area contributed by atoms with Gasteiger partial charge in [0.25, 0.3) is 0 Å². The minimum atomic E-state index is 0.525. The van der Waals surface area contributed by atoms with Crippen LogP contribution in [0.2, 0.25) is 0 Å². The molecule has 0 saturated carbocycles. The molecule has 0 amide bonds. The van der Waals surface area contributed by atoms with Gasteiger partial charge in [0, 0.05) is 13.1 Å². The van der Waals surface area contributed by atoms with E-state index in [0.29, 0.717) is 11.6 Å². The van der Waals surface area contributed by atoms with Crippen LogP contribution in [0.25, 0.3) is 0 Å². The van der Waals surface area contributed by atoms with Crippen LogP contribution in [0, 0.1) is 24.2 Å². The summed E-state index contributed by atoms with van der Waals surface area (Å²) < 4.78 is 5.86. The highest BCUT2D eigenvalue weighted by Gasteiger charge is 2.21. The van der Waals surface area contributed by atoms with Gasteiger partial charge < -0.3 is 9.64 Å². The van der Waals surface area contributed by atoms with Gasteiger partial charge in [-0.3, -0.25) is 0 Å². The molecule has 3 rings (SSSR count). The van der Waals surface area contributed by atoms with Crippen molar-refractivity contribution in [3.8, 4) is 11.8 Å². The molecule has 0 atom stereocenters. The molecule has 0 N–H and O–H groups in total. The lowest BCUT2D eigenvalue weighted by molar-refractivity contribution is 0.222. The largest absolute Gasteiger partial charge is 0.493 e. The van der Waals surface area contributed by atoms with Crippen molar-refractivity contribution in [3.63, 3.8) is 0 Å². The molecular formula is C19H21N3O. The zero-order valence-electron chi connectivity index (χ0n) is 13.4. The average Bonchev–Trinajstić information content (AvgIpc) is 2.62. The summed E-state index contributed by atoms with van der Waals surface area (Å²) in [7, 11) is 0. The molecule has 118 valence electrons. The molecule has 0 spiro atoms. The molecule has 1 saturated heterocycles. The minimum absolute atomic E-state index is 0.525. The highest BCUT2D eigenvalue weighted by atomic mass is 16.5. The van der Waals surface area contributed by atoms with E-state index in [1.165, 1.54) is 0 Å². The van der Waals surface area contributed by atoms with Crippen molar-refractivity contribution in [1.29, 1.82) is 5.26 Å². The van der Waals surface area contributed by atoms with Crippen LogP contribution in [0.5, 0.6) is 5.75 Å². The number of piperidine rings is 1. The molecule has 2 heterocycles. The molecule has 0 bridgehead atoms. The third-order valence-corrected chi connectivity index (χ3v) is 4.36. The summed E-state index contributed by atoms with van der Waals surface area (Å²) >= 11 is 0. The van der Waals surface area contributed by atoms with E-state index in [9.17, 15) is 0 Å². The van der Waals surface area contributed by atoms with Crippen molar-refractivity contribution in [3.05, 3.63) is 53.7 Å². The van der Waals surface area contributed by atoms with Crippen molar-refractivity contribution in [2.75, 3.05) is 24.6 Å². The van der Waals surface area contributed by atoms with E-state index in [4.69, 9.17) is 10.00 Å². The third-order valence-electron chi connectivity index (χ3n) is 4.36. The lowest BCUT2D eigenvalue weighted by Crippen LogP contribution is -2.36. The summed E-state index contributed by atoms with van der Waals surface area (Å²) in [6.07, 6.45) is 2.18. The Labute approximate surface area is 137 Å². The van der Waals surface area contributed by atoms with Crippen LogP contribution < -0.4 is 9.64 Å². The maximum atomic E-state index is 9.11. The van der Waals surface area contributed by atoms with Crippen molar-refractivity contribution in [2.24, 2.45) is 5.92 Å². The fraction of sp³-hybridized carbons (Fsp3) is 0.368. The van der Waals surface area contributed by atoms with Gasteiger partial charge in [-0.2, -0.15) is 5.26 Å². The van der Waals surface area contributed by atoms with Crippen LogP contribution in [0.4, 0.5) is 5.82 Å². The number of rotatable bonds is 4. The number of para-hydroxylation sites is 1. The monoisotopic (exact) mass is 307 g/mol. The van der Waals surface area contributed by atoms with Crippen LogP contribution in [0.15, 0.2) is 42.5 Å². The van der Waals surface area contributed by atoms with E-state index in [1.54, 1.807) is 0 Å². The molecule has 1 fully saturated rings. The van der Waals surface area contributed by atoms with Crippen molar-refractivity contribution < 1.29 is 4.74 Å². The zero-order valence-corrected chi connectivity index (χ0v) is 13.4. The fourth-order valence-electron chi connectivity index (χ4n) is 2.87. The first kappa shape index (κ1) is 15.4. The summed E-state index contributed by atoms with van der Waals surface area (Å²) in [4.78, 5) is 6.73. The maximum Gasteiger partial charge on any atom is 0.145 e. The second-order valence-corrected chi connectivity index (χ2v) is 6.00. The highest BCUT2D eigenvalue weighted by molar-refractivity contribution is 5.45. The molecule has 2 aromatic rings. The number of aryl methyl sites for hydroxylation is 1. The van der Waals surface area contributed by atoms with Crippen molar-refractivity contribution >= 4 is 5.82 Å². The van der Waals surface area contributed by atoms with E-state index in [0.717, 1.165) is 49.7 Å². The van der Waals surface area contributed by atoms with Gasteiger partial charge >= 0.3 is 0 Å². The van der Waals surface area contributed by atoms with E-state index >= 15 is 0 Å². The summed E-state index contributed by atoms with van der Waals surface area (Å²) in [5, 5.41) is 9.11. The van der Waals surface area contributed by atoms with Crippen molar-refractivity contribution in [2.45, 2.75) is 19.8 Å². The number of aromatic nitrogens is 1. The summed E-state index contributed by atoms with van der Waals surface area (Å²) in [5.74, 6) is 2.43. The topological polar surface area (TPSA) is 49.1 Å². The van der Waals surface area contributed by atoms with Gasteiger partial charge in [-0.25, -0.2) is 4.98 Å². The lowest BCUT2D eigenvalue weighted by Gasteiger charge is -2.32. The lowest BCUT2D eigenvalue weighted by atomic mass is 9.98. The van der Waals surface area contributed by atoms with Gasteiger partial charge in [0.05, 0.1) is 6.61 Å². The van der Waals surface area contributed by atoms with E-state index in [1.807, 2.05) is 49.4 Å². The second kappa shape index (κ2) is 7.15. The fourth-order valence-corrected chi connectivity index (χ4v) is 2.87. The molecule has 1 aromatic heterocycles. The van der Waals surface area contributed by atoms with Gasteiger partial charge in [-0.05, 0) is 49.4 Å². The third kappa shape index (κ3) is 3.81. The molecule has 23 heavy (non-hydrogen) atoms. The van der Waals surface area contributed by atoms with E-state index < -0.39 is 0 Å². The molecule has 0 radical (unpaired) electrons. The Bertz CT molecular complexity index is 686. The molecule has 4 heteroatoms. The first-order chi connectivity index (χ1) is 11.3. The van der Waals surface area contributed by atoms with E-state index in [2.05, 4.69) is 16.0 Å². The Morgan fingerprint density at radius 3 is 2.61 bits per heavy atom. The van der Waals surface area contributed by atoms with Gasteiger partial charge in [-0.15, -0.1) is 0 Å². The smallest absolute Gasteiger partial charge is 0.145 e. The van der Waals surface area contributed by atoms with Gasteiger partial charge in [-0.1, -0.05) is 24.3 Å². The van der Waals surface area contributed by atoms with Crippen LogP contribution in [0.1, 0.15) is 24.1 Å². The number of anilines is 1. The van der Waals surface area contributed by atoms with E-state index in [-0.39, 0.29) is 0 Å². The Hall–Kier alpha value is -2.54. The second-order valence-electron chi connectivity index (χ2n) is 6.00. The first-order valence-electron chi connectivity index (χ1n) is 8.07. The van der Waals surface area contributed by atoms with Crippen molar-refractivity contribution in [1.82, 2.24) is 4.98 Å². The van der Waals surface area contributed by atoms with Gasteiger partial charge in [0.15, 0.2) is 0 Å². The molecule has 0 unspecified atom stereocenters. The Morgan fingerprint density at radius 1 is 1.17 bits per heavy atom. The minimum Gasteiger partial charge on any atom is -0.493 e. The number of nitriles is 1. The number of pyridine rings is 1. The summed E-state index contributed by atoms with van der Waals surface area (Å²) in [6.45, 7) is 4.61. The maximum absolute atomic E-state index is 9.11. The number of benzene rings is 1. The standard InChI is InChI=1S/C19H21N3O/c1-15-7-8-19(21-18(15)13-20)22-11-9-16(10-12-22)14-23-17-5-3-2-4-6-17/h2-8,16H,9-12,14H2,1H3. The number of hydrogen-bond donors (Lipinski definition) is 0. The summed E-state index contributed by atoms with van der Waals surface area (Å²) in [6, 6.07) is 16.1. The predicted octanol–water partition coefficient (Wildman–Crippen LogP) is 3.56. The molecule has 1 aliphatic rings. The van der Waals surface area contributed by atoms with Gasteiger partial charge in [0.1, 0.15) is 23.3 Å². The number of ether oxygens (including phenoxy) is 1. The van der Waals surface area contributed by atoms with Gasteiger partial charge in [0.2, 0.25) is 0 Å². The van der Waals surface area contributed by atoms with Crippen LogP contribution in [0.3, 0.4) is 0 Å². The number of nitrogens with zero attached hydrogens (tertiary/aromatic N) is 3. The highest BCUT2D eigenvalue weighted by Crippen LogP contribution is 2.23. The molecule has 4 nitrogen and oxygen atoms in total. The Kier molecular flexibility index (Phi) is 4.77. The normalized spacial score (nSPS) is 15.2. The molecule has 1 aliphatic heterocycles. The molecular weight excluding hydrogens is 286 g/mol. The van der Waals surface area contributed by atoms with Crippen LogP contribution in [-0.4, -0.2) is 24.7 Å². The van der Waals surface area contributed by atoms with Crippen LogP contribution in [-0.2, 0) is 0 Å². The predicted molar refractivity (Wildman–Crippen MR) is 90.6 cm³/mol. The zero-order chi connectivity index (χ0) is 16.1. The molecule has 1 aromatic carbocycles. The van der Waals surface area contributed by atoms with Crippen LogP contribution >= 0.6 is 0 Å². The average molecular weight is 307 g/mol. The Morgan fingerprint density at radius 2 is 1.91 bits per heavy atom. The number of hydrogen-bond acceptors (Lipinski definition) is 4. The SMILES string of the molecule is Cc1ccc(N2CCC(COc3ccccc3)CC2)nc1C#N. The summed E-state index contributed by atoms with van der Waals surface area (Å²) in [5.41, 5.74) is 1.46. The quantitative estimate of drug-likeness (QED) is 0.866. The Balaban J connectivity index is 1.53. The molecule has 0 aliphatic carbocycles. The first-order valence-corrected chi connectivity index (χ1v) is 8.07.